The van der Waals surface area contributed by atoms with E-state index in [0.29, 0.717) is 28.9 Å². The molecule has 0 radical (unpaired) electrons. The van der Waals surface area contributed by atoms with E-state index in [4.69, 9.17) is 0 Å². The van der Waals surface area contributed by atoms with Gasteiger partial charge in [-0.1, -0.05) is 11.3 Å². The summed E-state index contributed by atoms with van der Waals surface area (Å²) in [6.07, 6.45) is -1.18. The highest BCUT2D eigenvalue weighted by atomic mass is 79.9. The Hall–Kier alpha value is -1.50. The van der Waals surface area contributed by atoms with E-state index >= 15 is 0 Å². The van der Waals surface area contributed by atoms with Crippen LogP contribution >= 0.6 is 27.3 Å². The van der Waals surface area contributed by atoms with Crippen LogP contribution in [0, 0.1) is 0 Å². The second kappa shape index (κ2) is 7.62. The van der Waals surface area contributed by atoms with Crippen LogP contribution in [0.1, 0.15) is 34.6 Å². The lowest BCUT2D eigenvalue weighted by Crippen LogP contribution is -2.28. The summed E-state index contributed by atoms with van der Waals surface area (Å²) >= 11 is 3.76. The standard InChI is InChI=1S/C14H13BrF2N4O3S2/c15-10-4-3-8(26(23,24)21-5-1-2-6-21)7-9(10)12(22)18-14-20-19-13(25-14)11(16)17/h3-4,7,11H,1-2,5-6H2,(H,18,20,22). The molecule has 2 aromatic rings. The summed E-state index contributed by atoms with van der Waals surface area (Å²) in [5.74, 6) is -0.674. The Morgan fingerprint density at radius 2 is 1.96 bits per heavy atom. The molecule has 0 bridgehead atoms. The molecule has 0 spiro atoms. The van der Waals surface area contributed by atoms with Crippen LogP contribution in [0.2, 0.25) is 0 Å². The van der Waals surface area contributed by atoms with Gasteiger partial charge in [0.1, 0.15) is 0 Å². The third-order valence-corrected chi connectivity index (χ3v) is 7.17. The molecule has 140 valence electrons. The normalized spacial score (nSPS) is 15.5. The second-order valence-electron chi connectivity index (χ2n) is 5.45. The van der Waals surface area contributed by atoms with Gasteiger partial charge in [0.25, 0.3) is 12.3 Å². The van der Waals surface area contributed by atoms with Crippen molar-refractivity contribution in [3.63, 3.8) is 0 Å². The fourth-order valence-electron chi connectivity index (χ4n) is 2.45. The summed E-state index contributed by atoms with van der Waals surface area (Å²) in [5, 5.41) is 8.52. The third-order valence-electron chi connectivity index (χ3n) is 3.73. The number of carbonyl (C=O) groups is 1. The highest BCUT2D eigenvalue weighted by Crippen LogP contribution is 2.28. The van der Waals surface area contributed by atoms with Crippen LogP contribution in [-0.4, -0.2) is 41.9 Å². The first-order valence-electron chi connectivity index (χ1n) is 7.51. The van der Waals surface area contributed by atoms with Gasteiger partial charge in [-0.2, -0.15) is 4.31 Å². The zero-order chi connectivity index (χ0) is 18.9. The molecule has 26 heavy (non-hydrogen) atoms. The molecule has 0 unspecified atom stereocenters. The predicted octanol–water partition coefficient (Wildman–Crippen LogP) is 3.28. The molecule has 0 atom stereocenters. The minimum Gasteiger partial charge on any atom is -0.296 e. The van der Waals surface area contributed by atoms with Crippen LogP contribution in [0.4, 0.5) is 13.9 Å². The van der Waals surface area contributed by atoms with E-state index in [1.165, 1.54) is 22.5 Å². The van der Waals surface area contributed by atoms with Crippen molar-refractivity contribution in [1.29, 1.82) is 0 Å². The largest absolute Gasteiger partial charge is 0.296 e. The number of sulfonamides is 1. The Morgan fingerprint density at radius 3 is 2.58 bits per heavy atom. The zero-order valence-corrected chi connectivity index (χ0v) is 16.4. The first-order chi connectivity index (χ1) is 12.3. The van der Waals surface area contributed by atoms with E-state index < -0.39 is 27.4 Å². The SMILES string of the molecule is O=C(Nc1nnc(C(F)F)s1)c1cc(S(=O)(=O)N2CCCC2)ccc1Br. The van der Waals surface area contributed by atoms with Gasteiger partial charge in [-0.15, -0.1) is 10.2 Å². The topological polar surface area (TPSA) is 92.3 Å². The Kier molecular flexibility index (Phi) is 5.65. The molecular formula is C14H13BrF2N4O3S2. The van der Waals surface area contributed by atoms with E-state index in [1.807, 2.05) is 0 Å². The fourth-order valence-corrected chi connectivity index (χ4v) is 5.02. The van der Waals surface area contributed by atoms with Crippen LogP contribution in [0.5, 0.6) is 0 Å². The Bertz CT molecular complexity index is 930. The second-order valence-corrected chi connectivity index (χ2v) is 9.25. The number of carbonyl (C=O) groups excluding carboxylic acids is 1. The Balaban J connectivity index is 1.86. The van der Waals surface area contributed by atoms with Crippen molar-refractivity contribution in [3.8, 4) is 0 Å². The van der Waals surface area contributed by atoms with E-state index in [9.17, 15) is 22.0 Å². The van der Waals surface area contributed by atoms with Crippen LogP contribution in [0.25, 0.3) is 0 Å². The third kappa shape index (κ3) is 3.92. The first-order valence-corrected chi connectivity index (χ1v) is 10.6. The monoisotopic (exact) mass is 466 g/mol. The minimum atomic E-state index is -3.68. The van der Waals surface area contributed by atoms with Crippen molar-refractivity contribution in [2.45, 2.75) is 24.2 Å². The number of halogens is 3. The van der Waals surface area contributed by atoms with Crippen LogP contribution < -0.4 is 5.32 Å². The lowest BCUT2D eigenvalue weighted by atomic mass is 10.2. The molecule has 1 aromatic heterocycles. The van der Waals surface area contributed by atoms with Crippen molar-refractivity contribution in [2.75, 3.05) is 18.4 Å². The number of benzene rings is 1. The molecule has 1 N–H and O–H groups in total. The Morgan fingerprint density at radius 1 is 1.27 bits per heavy atom. The number of nitrogens with one attached hydrogen (secondary N) is 1. The number of aromatic nitrogens is 2. The van der Waals surface area contributed by atoms with Crippen LogP contribution in [0.15, 0.2) is 27.6 Å². The molecule has 1 aliphatic rings. The summed E-state index contributed by atoms with van der Waals surface area (Å²) in [5.41, 5.74) is 0.0547. The number of amides is 1. The Labute approximate surface area is 160 Å². The number of hydrogen-bond donors (Lipinski definition) is 1. The molecule has 0 saturated carbocycles. The van der Waals surface area contributed by atoms with Crippen molar-refractivity contribution in [2.24, 2.45) is 0 Å². The van der Waals surface area contributed by atoms with Crippen LogP contribution in [-0.2, 0) is 10.0 Å². The predicted molar refractivity (Wildman–Crippen MR) is 95.0 cm³/mol. The van der Waals surface area contributed by atoms with Crippen LogP contribution in [0.3, 0.4) is 0 Å². The molecule has 1 aromatic carbocycles. The summed E-state index contributed by atoms with van der Waals surface area (Å²) in [4.78, 5) is 12.4. The molecular weight excluding hydrogens is 454 g/mol. The summed E-state index contributed by atoms with van der Waals surface area (Å²) in [7, 11) is -3.68. The number of alkyl halides is 2. The maximum absolute atomic E-state index is 12.6. The zero-order valence-electron chi connectivity index (χ0n) is 13.2. The number of rotatable bonds is 5. The maximum Gasteiger partial charge on any atom is 0.291 e. The molecule has 1 fully saturated rings. The smallest absolute Gasteiger partial charge is 0.291 e. The fraction of sp³-hybridized carbons (Fsp3) is 0.357. The van der Waals surface area contributed by atoms with E-state index in [-0.39, 0.29) is 15.6 Å². The summed E-state index contributed by atoms with van der Waals surface area (Å²) in [6, 6.07) is 4.12. The van der Waals surface area contributed by atoms with E-state index in [2.05, 4.69) is 31.4 Å². The van der Waals surface area contributed by atoms with Gasteiger partial charge in [0.05, 0.1) is 10.5 Å². The van der Waals surface area contributed by atoms with Crippen molar-refractivity contribution < 1.29 is 22.0 Å². The van der Waals surface area contributed by atoms with Gasteiger partial charge < -0.3 is 0 Å². The molecule has 2 heterocycles. The highest BCUT2D eigenvalue weighted by molar-refractivity contribution is 9.10. The number of nitrogens with zero attached hydrogens (tertiary/aromatic N) is 3. The molecule has 3 rings (SSSR count). The van der Waals surface area contributed by atoms with Gasteiger partial charge in [-0.05, 0) is 47.0 Å². The lowest BCUT2D eigenvalue weighted by molar-refractivity contribution is 0.102. The average Bonchev–Trinajstić information content (AvgIpc) is 3.27. The van der Waals surface area contributed by atoms with Crippen molar-refractivity contribution >= 4 is 48.3 Å². The lowest BCUT2D eigenvalue weighted by Gasteiger charge is -2.16. The molecule has 12 heteroatoms. The quantitative estimate of drug-likeness (QED) is 0.729. The average molecular weight is 467 g/mol. The minimum absolute atomic E-state index is 0.00159. The summed E-state index contributed by atoms with van der Waals surface area (Å²) < 4.78 is 52.1. The van der Waals surface area contributed by atoms with Crippen molar-refractivity contribution in [3.05, 3.63) is 33.2 Å². The van der Waals surface area contributed by atoms with E-state index in [1.54, 1.807) is 0 Å². The molecule has 1 amide bonds. The first kappa shape index (κ1) is 19.3. The van der Waals surface area contributed by atoms with Gasteiger partial charge >= 0.3 is 0 Å². The maximum atomic E-state index is 12.6. The number of hydrogen-bond acceptors (Lipinski definition) is 6. The van der Waals surface area contributed by atoms with Gasteiger partial charge in [-0.25, -0.2) is 17.2 Å². The molecule has 1 saturated heterocycles. The van der Waals surface area contributed by atoms with Gasteiger partial charge in [-0.3, -0.25) is 10.1 Å². The van der Waals surface area contributed by atoms with Gasteiger partial charge in [0.2, 0.25) is 15.2 Å². The number of anilines is 1. The van der Waals surface area contributed by atoms with Gasteiger partial charge in [0.15, 0.2) is 5.01 Å². The molecule has 7 nitrogen and oxygen atoms in total. The van der Waals surface area contributed by atoms with Gasteiger partial charge in [0, 0.05) is 17.6 Å². The van der Waals surface area contributed by atoms with Crippen molar-refractivity contribution in [1.82, 2.24) is 14.5 Å². The summed E-state index contributed by atoms with van der Waals surface area (Å²) in [6.45, 7) is 0.891. The molecule has 1 aliphatic heterocycles. The highest BCUT2D eigenvalue weighted by Gasteiger charge is 2.28. The molecule has 0 aliphatic carbocycles. The van der Waals surface area contributed by atoms with E-state index in [0.717, 1.165) is 12.8 Å².